The van der Waals surface area contributed by atoms with E-state index in [0.717, 1.165) is 30.1 Å². The molecule has 0 spiro atoms. The van der Waals surface area contributed by atoms with E-state index in [4.69, 9.17) is 24.4 Å². The topological polar surface area (TPSA) is 103 Å². The van der Waals surface area contributed by atoms with Crippen molar-refractivity contribution in [3.8, 4) is 17.4 Å². The molecule has 0 radical (unpaired) electrons. The van der Waals surface area contributed by atoms with Crippen LogP contribution in [0.1, 0.15) is 50.5 Å². The second-order valence-electron chi connectivity index (χ2n) is 9.95. The number of Topliss-reactive ketones (excluding diaryl/α,β-unsaturated/α-hetero) is 1. The highest BCUT2D eigenvalue weighted by Crippen LogP contribution is 2.40. The molecular weight excluding hydrogens is 474 g/mol. The van der Waals surface area contributed by atoms with Crippen LogP contribution in [0.5, 0.6) is 17.4 Å². The van der Waals surface area contributed by atoms with E-state index in [1.165, 1.54) is 4.52 Å². The molecule has 0 aliphatic carbocycles. The zero-order valence-electron chi connectivity index (χ0n) is 22.6. The van der Waals surface area contributed by atoms with Gasteiger partial charge in [-0.2, -0.15) is 4.52 Å². The third kappa shape index (κ3) is 5.44. The molecule has 0 saturated carbocycles. The van der Waals surface area contributed by atoms with Crippen LogP contribution in [0.3, 0.4) is 0 Å². The Balaban J connectivity index is 1.74. The Bertz CT molecular complexity index is 1330. The Morgan fingerprint density at radius 3 is 2.43 bits per heavy atom. The summed E-state index contributed by atoms with van der Waals surface area (Å²) in [4.78, 5) is 15.8. The minimum Gasteiger partial charge on any atom is -0.494 e. The van der Waals surface area contributed by atoms with Crippen LogP contribution in [-0.2, 0) is 16.7 Å². The first-order chi connectivity index (χ1) is 17.7. The van der Waals surface area contributed by atoms with E-state index in [-0.39, 0.29) is 23.4 Å². The lowest BCUT2D eigenvalue weighted by molar-refractivity contribution is 0.0970. The molecule has 0 unspecified atom stereocenters. The highest BCUT2D eigenvalue weighted by atomic mass is 16.5. The largest absolute Gasteiger partial charge is 0.494 e. The van der Waals surface area contributed by atoms with Gasteiger partial charge in [0.2, 0.25) is 5.62 Å². The van der Waals surface area contributed by atoms with Crippen molar-refractivity contribution in [3.63, 3.8) is 0 Å². The van der Waals surface area contributed by atoms with E-state index in [1.54, 1.807) is 23.9 Å². The van der Waals surface area contributed by atoms with Gasteiger partial charge in [-0.05, 0) is 31.4 Å². The van der Waals surface area contributed by atoms with Gasteiger partial charge >= 0.3 is 0 Å². The third-order valence-corrected chi connectivity index (χ3v) is 6.34. The normalized spacial score (nSPS) is 14.2. The number of fused-ring (bicyclic) bond motifs is 1. The van der Waals surface area contributed by atoms with E-state index < -0.39 is 0 Å². The highest BCUT2D eigenvalue weighted by Gasteiger charge is 2.27. The van der Waals surface area contributed by atoms with Crippen molar-refractivity contribution >= 4 is 17.0 Å². The molecule has 37 heavy (non-hydrogen) atoms. The second-order valence-corrected chi connectivity index (χ2v) is 9.95. The summed E-state index contributed by atoms with van der Waals surface area (Å²) >= 11 is 0. The number of aromatic nitrogens is 3. The summed E-state index contributed by atoms with van der Waals surface area (Å²) in [5.41, 5.74) is 2.91. The van der Waals surface area contributed by atoms with E-state index in [0.29, 0.717) is 49.1 Å². The molecule has 1 fully saturated rings. The summed E-state index contributed by atoms with van der Waals surface area (Å²) in [7, 11) is 1.67. The van der Waals surface area contributed by atoms with Gasteiger partial charge in [0.15, 0.2) is 11.5 Å². The first kappa shape index (κ1) is 26.5. The Labute approximate surface area is 217 Å². The summed E-state index contributed by atoms with van der Waals surface area (Å²) in [5, 5.41) is 13.1. The number of ether oxygens (including phenoxy) is 4. The zero-order valence-corrected chi connectivity index (χ0v) is 22.6. The number of carbonyl (C=O) groups excluding carboxylic acids is 1. The van der Waals surface area contributed by atoms with Gasteiger partial charge in [-0.3, -0.25) is 10.2 Å². The number of imidazole rings is 1. The highest BCUT2D eigenvalue weighted by molar-refractivity contribution is 5.98. The molecule has 3 aromatic rings. The molecule has 10 heteroatoms. The van der Waals surface area contributed by atoms with Crippen molar-refractivity contribution in [2.45, 2.75) is 46.6 Å². The molecule has 1 saturated heterocycles. The molecule has 2 aromatic heterocycles. The summed E-state index contributed by atoms with van der Waals surface area (Å²) in [6.45, 7) is 13.7. The molecule has 0 bridgehead atoms. The number of anilines is 1. The predicted octanol–water partition coefficient (Wildman–Crippen LogP) is 3.44. The molecular formula is C27H37N5O5. The molecule has 0 atom stereocenters. The van der Waals surface area contributed by atoms with Crippen LogP contribution >= 0.6 is 0 Å². The van der Waals surface area contributed by atoms with Crippen LogP contribution in [0.25, 0.3) is 5.52 Å². The summed E-state index contributed by atoms with van der Waals surface area (Å²) < 4.78 is 25.7. The number of hydrogen-bond acceptors (Lipinski definition) is 8. The van der Waals surface area contributed by atoms with Crippen LogP contribution in [0.4, 0.5) is 5.69 Å². The molecule has 1 aliphatic rings. The number of rotatable bonds is 9. The molecule has 10 nitrogen and oxygen atoms in total. The zero-order chi connectivity index (χ0) is 26.7. The number of morpholine rings is 1. The van der Waals surface area contributed by atoms with Crippen LogP contribution in [0, 0.1) is 5.41 Å². The average molecular weight is 512 g/mol. The lowest BCUT2D eigenvalue weighted by Gasteiger charge is -2.33. The summed E-state index contributed by atoms with van der Waals surface area (Å²) in [6, 6.07) is 5.60. The standard InChI is InChI=1S/C27H37N5O5/c1-7-36-23-15-19-16-31(26(28)32(19)29-25(23)37-8-2)17-22(33)18-13-20(27(3,4)5)24(34-6)21(14-18)30-9-11-35-12-10-30/h13-16,28H,7-12,17H2,1-6H3. The van der Waals surface area contributed by atoms with E-state index in [9.17, 15) is 4.79 Å². The fourth-order valence-electron chi connectivity index (χ4n) is 4.51. The van der Waals surface area contributed by atoms with Gasteiger partial charge in [-0.25, -0.2) is 0 Å². The molecule has 1 N–H and O–H groups in total. The number of nitrogens with one attached hydrogen (secondary N) is 1. The average Bonchev–Trinajstić information content (AvgIpc) is 3.17. The fraction of sp³-hybridized carbons (Fsp3) is 0.519. The van der Waals surface area contributed by atoms with Crippen molar-refractivity contribution < 1.29 is 23.7 Å². The van der Waals surface area contributed by atoms with Gasteiger partial charge in [0, 0.05) is 36.5 Å². The lowest BCUT2D eigenvalue weighted by atomic mass is 9.84. The number of ketones is 1. The van der Waals surface area contributed by atoms with Crippen LogP contribution < -0.4 is 24.7 Å². The molecule has 200 valence electrons. The van der Waals surface area contributed by atoms with Gasteiger partial charge in [0.05, 0.1) is 51.3 Å². The Kier molecular flexibility index (Phi) is 7.77. The Morgan fingerprint density at radius 1 is 1.11 bits per heavy atom. The van der Waals surface area contributed by atoms with Crippen molar-refractivity contribution in [2.75, 3.05) is 51.5 Å². The summed E-state index contributed by atoms with van der Waals surface area (Å²) in [6.07, 6.45) is 1.74. The van der Waals surface area contributed by atoms with E-state index in [1.807, 2.05) is 26.0 Å². The summed E-state index contributed by atoms with van der Waals surface area (Å²) in [5.74, 6) is 1.50. The maximum absolute atomic E-state index is 13.6. The van der Waals surface area contributed by atoms with Crippen LogP contribution in [0.15, 0.2) is 24.4 Å². The molecule has 1 aliphatic heterocycles. The minimum atomic E-state index is -0.240. The van der Waals surface area contributed by atoms with Crippen molar-refractivity contribution in [1.29, 1.82) is 5.41 Å². The van der Waals surface area contributed by atoms with Gasteiger partial charge in [-0.15, -0.1) is 5.10 Å². The second kappa shape index (κ2) is 10.8. The number of carbonyl (C=O) groups is 1. The molecule has 0 amide bonds. The van der Waals surface area contributed by atoms with Gasteiger partial charge in [0.1, 0.15) is 5.75 Å². The molecule has 3 heterocycles. The number of methoxy groups -OCH3 is 1. The van der Waals surface area contributed by atoms with Crippen molar-refractivity contribution in [3.05, 3.63) is 41.1 Å². The fourth-order valence-corrected chi connectivity index (χ4v) is 4.51. The Hall–Kier alpha value is -3.53. The first-order valence-corrected chi connectivity index (χ1v) is 12.7. The van der Waals surface area contributed by atoms with Crippen molar-refractivity contribution in [2.24, 2.45) is 0 Å². The molecule has 1 aromatic carbocycles. The first-order valence-electron chi connectivity index (χ1n) is 12.7. The monoisotopic (exact) mass is 511 g/mol. The van der Waals surface area contributed by atoms with E-state index >= 15 is 0 Å². The van der Waals surface area contributed by atoms with Crippen LogP contribution in [-0.4, -0.2) is 66.6 Å². The predicted molar refractivity (Wildman–Crippen MR) is 140 cm³/mol. The van der Waals surface area contributed by atoms with E-state index in [2.05, 4.69) is 30.8 Å². The lowest BCUT2D eigenvalue weighted by Crippen LogP contribution is -2.37. The Morgan fingerprint density at radius 2 is 1.81 bits per heavy atom. The number of nitrogens with zero attached hydrogens (tertiary/aromatic N) is 4. The van der Waals surface area contributed by atoms with Crippen molar-refractivity contribution in [1.82, 2.24) is 14.2 Å². The third-order valence-electron chi connectivity index (χ3n) is 6.34. The van der Waals surface area contributed by atoms with Crippen LogP contribution in [0.2, 0.25) is 0 Å². The smallest absolute Gasteiger partial charge is 0.274 e. The van der Waals surface area contributed by atoms with Gasteiger partial charge < -0.3 is 28.4 Å². The van der Waals surface area contributed by atoms with Gasteiger partial charge in [0.25, 0.3) is 5.88 Å². The number of benzene rings is 1. The minimum absolute atomic E-state index is 0.00536. The number of hydrogen-bond donors (Lipinski definition) is 1. The SMILES string of the molecule is CCOc1cc2cn(CC(=O)c3cc(N4CCOCC4)c(OC)c(C(C)(C)C)c3)c(=N)n2nc1OCC. The maximum atomic E-state index is 13.6. The maximum Gasteiger partial charge on any atom is 0.274 e. The van der Waals surface area contributed by atoms with Gasteiger partial charge in [-0.1, -0.05) is 20.8 Å². The quantitative estimate of drug-likeness (QED) is 0.439. The molecule has 4 rings (SSSR count).